The molecule has 7 nitrogen and oxygen atoms in total. The number of nitrogens with zero attached hydrogens (tertiary/aromatic N) is 2. The van der Waals surface area contributed by atoms with Gasteiger partial charge in [0, 0.05) is 35.8 Å². The maximum atomic E-state index is 13.7. The van der Waals surface area contributed by atoms with Crippen molar-refractivity contribution in [3.8, 4) is 0 Å². The van der Waals surface area contributed by atoms with Gasteiger partial charge in [0.15, 0.2) is 27.3 Å². The van der Waals surface area contributed by atoms with Crippen LogP contribution in [0.25, 0.3) is 0 Å². The highest BCUT2D eigenvalue weighted by molar-refractivity contribution is 7.92. The number of rotatable bonds is 6. The summed E-state index contributed by atoms with van der Waals surface area (Å²) in [6, 6.07) is 6.66. The normalized spacial score (nSPS) is 25.3. The third-order valence-electron chi connectivity index (χ3n) is 7.53. The topological polar surface area (TPSA) is 101 Å². The van der Waals surface area contributed by atoms with Crippen LogP contribution >= 0.6 is 11.6 Å². The first-order valence-electron chi connectivity index (χ1n) is 11.7. The van der Waals surface area contributed by atoms with E-state index in [1.807, 2.05) is 0 Å². The van der Waals surface area contributed by atoms with Crippen LogP contribution in [0.3, 0.4) is 0 Å². The van der Waals surface area contributed by atoms with Crippen LogP contribution < -0.4 is 5.32 Å². The van der Waals surface area contributed by atoms with Gasteiger partial charge in [0.1, 0.15) is 0 Å². The van der Waals surface area contributed by atoms with Crippen LogP contribution in [0.4, 0.5) is 18.9 Å². The molecule has 2 bridgehead atoms. The van der Waals surface area contributed by atoms with Crippen molar-refractivity contribution in [3.05, 3.63) is 76.8 Å². The third kappa shape index (κ3) is 4.64. The van der Waals surface area contributed by atoms with Crippen molar-refractivity contribution in [2.24, 2.45) is 11.8 Å². The molecule has 2 aliphatic rings. The van der Waals surface area contributed by atoms with E-state index in [1.165, 1.54) is 12.1 Å². The number of sulfone groups is 1. The fourth-order valence-electron chi connectivity index (χ4n) is 5.65. The third-order valence-corrected chi connectivity index (χ3v) is 10.2. The molecule has 0 spiro atoms. The first-order valence-corrected chi connectivity index (χ1v) is 13.6. The van der Waals surface area contributed by atoms with Crippen molar-refractivity contribution in [1.82, 2.24) is 9.78 Å². The van der Waals surface area contributed by atoms with E-state index in [2.05, 4.69) is 10.4 Å². The van der Waals surface area contributed by atoms with Crippen LogP contribution in [0, 0.1) is 29.3 Å². The van der Waals surface area contributed by atoms with Crippen molar-refractivity contribution < 1.29 is 31.5 Å². The van der Waals surface area contributed by atoms with Gasteiger partial charge in [-0.1, -0.05) is 11.6 Å². The Morgan fingerprint density at radius 1 is 1.14 bits per heavy atom. The monoisotopic (exact) mass is 553 g/mol. The summed E-state index contributed by atoms with van der Waals surface area (Å²) >= 11 is 6.25. The quantitative estimate of drug-likeness (QED) is 0.435. The van der Waals surface area contributed by atoms with Gasteiger partial charge in [-0.05, 0) is 61.8 Å². The largest absolute Gasteiger partial charge is 0.387 e. The molecule has 2 unspecified atom stereocenters. The molecular weight excluding hydrogens is 531 g/mol. The zero-order valence-corrected chi connectivity index (χ0v) is 20.9. The molecule has 5 rings (SSSR count). The van der Waals surface area contributed by atoms with Crippen molar-refractivity contribution in [2.45, 2.75) is 48.0 Å². The fourth-order valence-corrected chi connectivity index (χ4v) is 8.05. The number of halogens is 4. The average Bonchev–Trinajstić information content (AvgIpc) is 3.36. The lowest BCUT2D eigenvalue weighted by Crippen LogP contribution is -2.50. The van der Waals surface area contributed by atoms with Crippen LogP contribution in [0.2, 0.25) is 5.02 Å². The van der Waals surface area contributed by atoms with E-state index in [-0.39, 0.29) is 52.4 Å². The molecule has 3 aromatic rings. The van der Waals surface area contributed by atoms with Crippen molar-refractivity contribution in [3.63, 3.8) is 0 Å². The number of hydrogen-bond donors (Lipinski definition) is 2. The molecule has 0 radical (unpaired) electrons. The summed E-state index contributed by atoms with van der Waals surface area (Å²) in [5.41, 5.74) is -1.51. The minimum absolute atomic E-state index is 0.0693. The van der Waals surface area contributed by atoms with Gasteiger partial charge in [0.2, 0.25) is 0 Å². The molecule has 12 heteroatoms. The minimum Gasteiger partial charge on any atom is -0.387 e. The molecule has 2 aliphatic carbocycles. The Morgan fingerprint density at radius 3 is 2.38 bits per heavy atom. The number of carbonyl (C=O) groups is 1. The maximum Gasteiger partial charge on any atom is 0.255 e. The SMILES string of the molecule is O=C(Nc1cc(F)c(F)c(F)c1)c1ccc(Cl)c(S(=O)(=O)C2CC3CC[C@@H](C2)[C@@]3(O)Cn2cccn2)c1. The second-order valence-corrected chi connectivity index (χ2v) is 12.3. The van der Waals surface area contributed by atoms with Crippen molar-refractivity contribution in [1.29, 1.82) is 0 Å². The second kappa shape index (κ2) is 9.45. The number of nitrogens with one attached hydrogen (secondary N) is 1. The highest BCUT2D eigenvalue weighted by atomic mass is 35.5. The summed E-state index contributed by atoms with van der Waals surface area (Å²) in [4.78, 5) is 12.5. The Labute approximate surface area is 216 Å². The predicted molar refractivity (Wildman–Crippen MR) is 129 cm³/mol. The van der Waals surface area contributed by atoms with Gasteiger partial charge in [-0.3, -0.25) is 9.48 Å². The Morgan fingerprint density at radius 2 is 1.78 bits per heavy atom. The van der Waals surface area contributed by atoms with Crippen LogP contribution in [-0.4, -0.2) is 40.1 Å². The predicted octanol–water partition coefficient (Wildman–Crippen LogP) is 4.60. The van der Waals surface area contributed by atoms with Gasteiger partial charge in [0.25, 0.3) is 5.91 Å². The van der Waals surface area contributed by atoms with Gasteiger partial charge in [-0.2, -0.15) is 5.10 Å². The van der Waals surface area contributed by atoms with E-state index >= 15 is 0 Å². The van der Waals surface area contributed by atoms with E-state index in [1.54, 1.807) is 23.1 Å². The maximum absolute atomic E-state index is 13.7. The summed E-state index contributed by atoms with van der Waals surface area (Å²) in [6.45, 7) is 0.281. The highest BCUT2D eigenvalue weighted by Gasteiger charge is 2.56. The molecule has 196 valence electrons. The van der Waals surface area contributed by atoms with E-state index < -0.39 is 44.0 Å². The number of anilines is 1. The van der Waals surface area contributed by atoms with Crippen molar-refractivity contribution >= 4 is 33.0 Å². The molecule has 37 heavy (non-hydrogen) atoms. The van der Waals surface area contributed by atoms with E-state index in [0.29, 0.717) is 25.0 Å². The lowest BCUT2D eigenvalue weighted by molar-refractivity contribution is -0.0735. The highest BCUT2D eigenvalue weighted by Crippen LogP contribution is 2.52. The van der Waals surface area contributed by atoms with Gasteiger partial charge in [-0.25, -0.2) is 21.6 Å². The number of carbonyl (C=O) groups excluding carboxylic acids is 1. The summed E-state index contributed by atoms with van der Waals surface area (Å²) in [6.07, 6.45) is 5.22. The standard InChI is InChI=1S/C25H23ClF3N3O4S/c26-19-5-2-14(24(33)31-17-11-20(27)23(29)21(28)12-17)8-22(19)37(35,36)18-9-15-3-4-16(10-18)25(15,34)13-32-7-1-6-30-32/h1-2,5-8,11-12,15-16,18,34H,3-4,9-10,13H2,(H,31,33)/t15-,16?,18?,25-/m0/s1. The molecule has 2 aromatic carbocycles. The molecule has 0 aliphatic heterocycles. The van der Waals surface area contributed by atoms with E-state index in [4.69, 9.17) is 11.6 Å². The van der Waals surface area contributed by atoms with Crippen LogP contribution in [0.15, 0.2) is 53.7 Å². The zero-order chi connectivity index (χ0) is 26.5. The molecule has 0 saturated heterocycles. The Bertz CT molecular complexity index is 1430. The van der Waals surface area contributed by atoms with Gasteiger partial charge in [-0.15, -0.1) is 0 Å². The molecule has 2 saturated carbocycles. The number of fused-ring (bicyclic) bond motifs is 2. The average molecular weight is 554 g/mol. The van der Waals surface area contributed by atoms with E-state index in [9.17, 15) is 31.5 Å². The van der Waals surface area contributed by atoms with Gasteiger partial charge < -0.3 is 10.4 Å². The van der Waals surface area contributed by atoms with Crippen molar-refractivity contribution in [2.75, 3.05) is 5.32 Å². The number of aromatic nitrogens is 2. The van der Waals surface area contributed by atoms with Crippen LogP contribution in [-0.2, 0) is 16.4 Å². The number of hydrogen-bond acceptors (Lipinski definition) is 5. The molecule has 1 heterocycles. The molecule has 2 fully saturated rings. The Hall–Kier alpha value is -2.89. The molecular formula is C25H23ClF3N3O4S. The molecule has 2 N–H and O–H groups in total. The fraction of sp³-hybridized carbons (Fsp3) is 0.360. The lowest BCUT2D eigenvalue weighted by atomic mass is 9.74. The minimum atomic E-state index is -3.99. The number of amides is 1. The van der Waals surface area contributed by atoms with E-state index in [0.717, 1.165) is 6.07 Å². The summed E-state index contributed by atoms with van der Waals surface area (Å²) in [5.74, 6) is -5.97. The smallest absolute Gasteiger partial charge is 0.255 e. The number of benzene rings is 2. The lowest BCUT2D eigenvalue weighted by Gasteiger charge is -2.42. The Kier molecular flexibility index (Phi) is 6.57. The van der Waals surface area contributed by atoms with Crippen LogP contribution in [0.5, 0.6) is 0 Å². The number of aliphatic hydroxyl groups is 1. The summed E-state index contributed by atoms with van der Waals surface area (Å²) in [5, 5.41) is 17.0. The first kappa shape index (κ1) is 25.7. The first-order chi connectivity index (χ1) is 17.5. The Balaban J connectivity index is 1.38. The molecule has 4 atom stereocenters. The van der Waals surface area contributed by atoms with Gasteiger partial charge in [0.05, 0.1) is 27.3 Å². The molecule has 1 aromatic heterocycles. The second-order valence-electron chi connectivity index (χ2n) is 9.66. The van der Waals surface area contributed by atoms with Gasteiger partial charge >= 0.3 is 0 Å². The molecule has 1 amide bonds. The summed E-state index contributed by atoms with van der Waals surface area (Å²) < 4.78 is 69.2. The summed E-state index contributed by atoms with van der Waals surface area (Å²) in [7, 11) is -3.99. The van der Waals surface area contributed by atoms with Crippen LogP contribution in [0.1, 0.15) is 36.0 Å². The zero-order valence-electron chi connectivity index (χ0n) is 19.4.